The maximum atomic E-state index is 11.9. The van der Waals surface area contributed by atoms with E-state index in [1.165, 1.54) is 0 Å². The molecule has 3 amide bonds. The maximum Gasteiger partial charge on any atom is 0.315 e. The molecular formula is C16H22N4O3S. The average molecular weight is 350 g/mol. The minimum absolute atomic E-state index is 0.0247. The second kappa shape index (κ2) is 7.74. The van der Waals surface area contributed by atoms with Crippen LogP contribution in [0.25, 0.3) is 0 Å². The van der Waals surface area contributed by atoms with Crippen LogP contribution in [0.1, 0.15) is 41.7 Å². The molecule has 2 aliphatic rings. The highest BCUT2D eigenvalue weighted by atomic mass is 32.2. The number of carbonyl (C=O) groups is 3. The van der Waals surface area contributed by atoms with E-state index in [1.54, 1.807) is 12.3 Å². The zero-order valence-electron chi connectivity index (χ0n) is 13.3. The van der Waals surface area contributed by atoms with Gasteiger partial charge >= 0.3 is 6.03 Å². The summed E-state index contributed by atoms with van der Waals surface area (Å²) in [6, 6.07) is 2.16. The number of rotatable bonds is 8. The number of aldehydes is 1. The van der Waals surface area contributed by atoms with Crippen LogP contribution in [-0.2, 0) is 11.3 Å². The fraction of sp³-hybridized carbons (Fsp3) is 0.562. The van der Waals surface area contributed by atoms with E-state index >= 15 is 0 Å². The van der Waals surface area contributed by atoms with E-state index in [0.29, 0.717) is 23.9 Å². The predicted octanol–water partition coefficient (Wildman–Crippen LogP) is 1.17. The van der Waals surface area contributed by atoms with Crippen LogP contribution in [0.2, 0.25) is 0 Å². The molecule has 2 aliphatic heterocycles. The summed E-state index contributed by atoms with van der Waals surface area (Å²) in [7, 11) is 0. The summed E-state index contributed by atoms with van der Waals surface area (Å²) in [6.07, 6.45) is 5.81. The summed E-state index contributed by atoms with van der Waals surface area (Å²) >= 11 is 1.90. The Morgan fingerprint density at radius 2 is 2.25 bits per heavy atom. The lowest BCUT2D eigenvalue weighted by Gasteiger charge is -2.16. The number of thioether (sulfide) groups is 1. The molecule has 3 atom stereocenters. The van der Waals surface area contributed by atoms with Crippen LogP contribution < -0.4 is 16.0 Å². The summed E-state index contributed by atoms with van der Waals surface area (Å²) in [5.41, 5.74) is 1.41. The molecule has 0 saturated carbocycles. The fourth-order valence-electron chi connectivity index (χ4n) is 3.19. The lowest BCUT2D eigenvalue weighted by molar-refractivity contribution is -0.121. The average Bonchev–Trinajstić information content (AvgIpc) is 3.25. The molecule has 7 nitrogen and oxygen atoms in total. The van der Waals surface area contributed by atoms with Crippen LogP contribution in [0.3, 0.4) is 0 Å². The monoisotopic (exact) mass is 350 g/mol. The van der Waals surface area contributed by atoms with Crippen molar-refractivity contribution in [2.75, 3.05) is 5.75 Å². The van der Waals surface area contributed by atoms with Crippen LogP contribution >= 0.6 is 11.8 Å². The number of carbonyl (C=O) groups excluding carboxylic acids is 3. The largest absolute Gasteiger partial charge is 0.359 e. The predicted molar refractivity (Wildman–Crippen MR) is 92.0 cm³/mol. The van der Waals surface area contributed by atoms with Gasteiger partial charge in [0.15, 0.2) is 6.29 Å². The van der Waals surface area contributed by atoms with Crippen LogP contribution in [-0.4, -0.2) is 46.3 Å². The number of aromatic nitrogens is 1. The van der Waals surface area contributed by atoms with Crippen LogP contribution in [0.4, 0.5) is 4.79 Å². The lowest BCUT2D eigenvalue weighted by atomic mass is 10.0. The molecule has 0 bridgehead atoms. The van der Waals surface area contributed by atoms with Gasteiger partial charge in [0.1, 0.15) is 0 Å². The Labute approximate surface area is 144 Å². The minimum Gasteiger partial charge on any atom is -0.359 e. The van der Waals surface area contributed by atoms with Gasteiger partial charge in [0.25, 0.3) is 0 Å². The summed E-state index contributed by atoms with van der Waals surface area (Å²) in [4.78, 5) is 36.6. The quantitative estimate of drug-likeness (QED) is 0.321. The molecule has 0 aliphatic carbocycles. The first kappa shape index (κ1) is 16.9. The first-order valence-electron chi connectivity index (χ1n) is 8.23. The molecule has 24 heavy (non-hydrogen) atoms. The Bertz CT molecular complexity index is 618. The van der Waals surface area contributed by atoms with Gasteiger partial charge < -0.3 is 20.9 Å². The number of H-pyrrole nitrogens is 1. The molecule has 0 spiro atoms. The van der Waals surface area contributed by atoms with Gasteiger partial charge in [-0.05, 0) is 24.5 Å². The zero-order valence-corrected chi connectivity index (χ0v) is 14.2. The van der Waals surface area contributed by atoms with Gasteiger partial charge in [-0.2, -0.15) is 11.8 Å². The van der Waals surface area contributed by atoms with Gasteiger partial charge in [0.2, 0.25) is 5.91 Å². The summed E-state index contributed by atoms with van der Waals surface area (Å²) < 4.78 is 0. The summed E-state index contributed by atoms with van der Waals surface area (Å²) in [5.74, 6) is 0.991. The molecule has 4 N–H and O–H groups in total. The van der Waals surface area contributed by atoms with E-state index in [0.717, 1.165) is 36.9 Å². The Kier molecular flexibility index (Phi) is 5.44. The number of hydrogen-bond acceptors (Lipinski definition) is 4. The van der Waals surface area contributed by atoms with Crippen LogP contribution in [0.15, 0.2) is 12.3 Å². The molecule has 2 fully saturated rings. The van der Waals surface area contributed by atoms with Crippen molar-refractivity contribution in [3.63, 3.8) is 0 Å². The number of fused-ring (bicyclic) bond motifs is 1. The third-order valence-electron chi connectivity index (χ3n) is 4.46. The van der Waals surface area contributed by atoms with Crippen molar-refractivity contribution in [1.82, 2.24) is 20.9 Å². The van der Waals surface area contributed by atoms with Gasteiger partial charge in [-0.1, -0.05) is 6.42 Å². The molecular weight excluding hydrogens is 328 g/mol. The van der Waals surface area contributed by atoms with Gasteiger partial charge in [-0.3, -0.25) is 9.59 Å². The van der Waals surface area contributed by atoms with Gasteiger partial charge in [-0.25, -0.2) is 4.79 Å². The van der Waals surface area contributed by atoms with Gasteiger partial charge in [-0.15, -0.1) is 0 Å². The Morgan fingerprint density at radius 3 is 3.04 bits per heavy atom. The number of amides is 3. The standard InChI is InChI=1S/C16H22N4O3S/c21-8-11-5-10(6-17-11)7-18-14(22)4-2-1-3-13-15-12(9-24-13)19-16(23)20-15/h5-6,8,12-13,15,17H,1-4,7,9H2,(H,18,22)(H2,19,20,23). The second-order valence-electron chi connectivity index (χ2n) is 6.23. The van der Waals surface area contributed by atoms with Crippen molar-refractivity contribution in [3.05, 3.63) is 23.5 Å². The first-order chi connectivity index (χ1) is 11.7. The first-order valence-corrected chi connectivity index (χ1v) is 9.28. The van der Waals surface area contributed by atoms with E-state index < -0.39 is 0 Å². The SMILES string of the molecule is O=Cc1cc(CNC(=O)CCCCC2SCC3NC(=O)NC32)c[nH]1. The van der Waals surface area contributed by atoms with E-state index in [2.05, 4.69) is 20.9 Å². The van der Waals surface area contributed by atoms with Crippen molar-refractivity contribution in [2.24, 2.45) is 0 Å². The molecule has 3 rings (SSSR count). The van der Waals surface area contributed by atoms with Crippen molar-refractivity contribution in [2.45, 2.75) is 49.6 Å². The molecule has 8 heteroatoms. The van der Waals surface area contributed by atoms with E-state index in [-0.39, 0.29) is 24.0 Å². The summed E-state index contributed by atoms with van der Waals surface area (Å²) in [5, 5.41) is 9.22. The third-order valence-corrected chi connectivity index (χ3v) is 5.97. The van der Waals surface area contributed by atoms with Gasteiger partial charge in [0.05, 0.1) is 17.8 Å². The Morgan fingerprint density at radius 1 is 1.38 bits per heavy atom. The lowest BCUT2D eigenvalue weighted by Crippen LogP contribution is -2.36. The van der Waals surface area contributed by atoms with Crippen molar-refractivity contribution < 1.29 is 14.4 Å². The minimum atomic E-state index is -0.0582. The van der Waals surface area contributed by atoms with Gasteiger partial charge in [0, 0.05) is 30.2 Å². The second-order valence-corrected chi connectivity index (χ2v) is 7.50. The highest BCUT2D eigenvalue weighted by Crippen LogP contribution is 2.33. The topological polar surface area (TPSA) is 103 Å². The highest BCUT2D eigenvalue weighted by Gasteiger charge is 2.42. The number of unbranched alkanes of at least 4 members (excludes halogenated alkanes) is 1. The van der Waals surface area contributed by atoms with Crippen LogP contribution in [0, 0.1) is 0 Å². The van der Waals surface area contributed by atoms with Crippen molar-refractivity contribution in [1.29, 1.82) is 0 Å². The smallest absolute Gasteiger partial charge is 0.315 e. The Hall–Kier alpha value is -1.96. The highest BCUT2D eigenvalue weighted by molar-refractivity contribution is 8.00. The number of aromatic amines is 1. The number of nitrogens with one attached hydrogen (secondary N) is 4. The Balaban J connectivity index is 1.29. The normalized spacial score (nSPS) is 25.0. The number of urea groups is 1. The molecule has 2 saturated heterocycles. The molecule has 3 unspecified atom stereocenters. The molecule has 3 heterocycles. The zero-order chi connectivity index (χ0) is 16.9. The van der Waals surface area contributed by atoms with Crippen molar-refractivity contribution >= 4 is 30.0 Å². The molecule has 0 radical (unpaired) electrons. The van der Waals surface area contributed by atoms with E-state index in [9.17, 15) is 14.4 Å². The van der Waals surface area contributed by atoms with Crippen molar-refractivity contribution in [3.8, 4) is 0 Å². The van der Waals surface area contributed by atoms with Crippen LogP contribution in [0.5, 0.6) is 0 Å². The van der Waals surface area contributed by atoms with E-state index in [1.807, 2.05) is 11.8 Å². The number of hydrogen-bond donors (Lipinski definition) is 4. The molecule has 130 valence electrons. The molecule has 0 aromatic carbocycles. The summed E-state index contributed by atoms with van der Waals surface area (Å²) in [6.45, 7) is 0.434. The maximum absolute atomic E-state index is 11.9. The molecule has 1 aromatic rings. The fourth-order valence-corrected chi connectivity index (χ4v) is 4.74. The third kappa shape index (κ3) is 4.11. The van der Waals surface area contributed by atoms with E-state index in [4.69, 9.17) is 0 Å². The molecule has 1 aromatic heterocycles.